The van der Waals surface area contributed by atoms with E-state index in [0.717, 1.165) is 53.8 Å². The van der Waals surface area contributed by atoms with Crippen molar-refractivity contribution in [2.24, 2.45) is 0 Å². The largest absolute Gasteiger partial charge is 0.352 e. The number of hydrogen-bond acceptors (Lipinski definition) is 4. The Labute approximate surface area is 213 Å². The van der Waals surface area contributed by atoms with E-state index in [1.54, 1.807) is 43.3 Å². The number of hydrogen-bond donors (Lipinski definition) is 1. The van der Waals surface area contributed by atoms with Crippen LogP contribution < -0.4 is 9.62 Å². The summed E-state index contributed by atoms with van der Waals surface area (Å²) in [6.45, 7) is 4.71. The highest BCUT2D eigenvalue weighted by Gasteiger charge is 2.31. The van der Waals surface area contributed by atoms with Crippen LogP contribution in [0.2, 0.25) is 0 Å². The van der Waals surface area contributed by atoms with Crippen LogP contribution in [0.3, 0.4) is 0 Å². The number of sulfonamides is 1. The monoisotopic (exact) mass is 517 g/mol. The SMILES string of the molecule is Cc1ccc(N(CC(=O)N(Cc2ccccc2F)[C@H](C)C(=O)NC2CCCCC2)S(C)(=O)=O)cc1C. The highest BCUT2D eigenvalue weighted by atomic mass is 32.2. The van der Waals surface area contributed by atoms with E-state index in [4.69, 9.17) is 0 Å². The number of amides is 2. The molecule has 2 aromatic carbocycles. The molecule has 0 radical (unpaired) electrons. The summed E-state index contributed by atoms with van der Waals surface area (Å²) in [4.78, 5) is 28.0. The normalized spacial score (nSPS) is 15.2. The Morgan fingerprint density at radius 1 is 1.06 bits per heavy atom. The zero-order chi connectivity index (χ0) is 26.5. The summed E-state index contributed by atoms with van der Waals surface area (Å²) in [5.41, 5.74) is 2.49. The Balaban J connectivity index is 1.89. The molecule has 1 N–H and O–H groups in total. The van der Waals surface area contributed by atoms with E-state index in [2.05, 4.69) is 5.32 Å². The zero-order valence-electron chi connectivity index (χ0n) is 21.5. The number of carbonyl (C=O) groups excluding carboxylic acids is 2. The lowest BCUT2D eigenvalue weighted by Crippen LogP contribution is -2.53. The van der Waals surface area contributed by atoms with Crippen LogP contribution in [0.15, 0.2) is 42.5 Å². The Kier molecular flexibility index (Phi) is 9.11. The third-order valence-electron chi connectivity index (χ3n) is 6.88. The van der Waals surface area contributed by atoms with Gasteiger partial charge in [0.15, 0.2) is 0 Å². The van der Waals surface area contributed by atoms with E-state index < -0.39 is 34.3 Å². The van der Waals surface area contributed by atoms with Gasteiger partial charge < -0.3 is 10.2 Å². The van der Waals surface area contributed by atoms with Crippen LogP contribution in [-0.2, 0) is 26.2 Å². The summed E-state index contributed by atoms with van der Waals surface area (Å²) in [6, 6.07) is 10.3. The van der Waals surface area contributed by atoms with Crippen LogP contribution in [0.1, 0.15) is 55.7 Å². The van der Waals surface area contributed by atoms with Crippen LogP contribution in [0.5, 0.6) is 0 Å². The molecule has 1 aliphatic carbocycles. The van der Waals surface area contributed by atoms with Crippen molar-refractivity contribution in [1.82, 2.24) is 10.2 Å². The minimum absolute atomic E-state index is 0.0437. The predicted molar refractivity (Wildman–Crippen MR) is 140 cm³/mol. The fourth-order valence-corrected chi connectivity index (χ4v) is 5.30. The zero-order valence-corrected chi connectivity index (χ0v) is 22.3. The molecule has 1 atom stereocenters. The van der Waals surface area contributed by atoms with Gasteiger partial charge >= 0.3 is 0 Å². The minimum atomic E-state index is -3.81. The second-order valence-corrected chi connectivity index (χ2v) is 11.6. The topological polar surface area (TPSA) is 86.8 Å². The predicted octanol–water partition coefficient (Wildman–Crippen LogP) is 4.07. The molecule has 9 heteroatoms. The van der Waals surface area contributed by atoms with Crippen LogP contribution in [0, 0.1) is 19.7 Å². The number of anilines is 1. The van der Waals surface area contributed by atoms with Gasteiger partial charge in [0.2, 0.25) is 21.8 Å². The minimum Gasteiger partial charge on any atom is -0.352 e. The summed E-state index contributed by atoms with van der Waals surface area (Å²) in [5.74, 6) is -1.42. The fourth-order valence-electron chi connectivity index (χ4n) is 4.46. The lowest BCUT2D eigenvalue weighted by molar-refractivity contribution is -0.139. The fraction of sp³-hybridized carbons (Fsp3) is 0.481. The van der Waals surface area contributed by atoms with E-state index in [0.29, 0.717) is 5.69 Å². The smallest absolute Gasteiger partial charge is 0.244 e. The quantitative estimate of drug-likeness (QED) is 0.543. The van der Waals surface area contributed by atoms with Crippen molar-refractivity contribution in [3.05, 3.63) is 65.0 Å². The Bertz CT molecular complexity index is 1200. The van der Waals surface area contributed by atoms with Gasteiger partial charge in [-0.1, -0.05) is 43.5 Å². The molecule has 3 rings (SSSR count). The first-order valence-electron chi connectivity index (χ1n) is 12.4. The summed E-state index contributed by atoms with van der Waals surface area (Å²) in [7, 11) is -3.81. The maximum Gasteiger partial charge on any atom is 0.244 e. The molecule has 0 spiro atoms. The number of halogens is 1. The Hall–Kier alpha value is -2.94. The molecule has 1 saturated carbocycles. The number of aryl methyl sites for hydroxylation is 2. The molecule has 36 heavy (non-hydrogen) atoms. The van der Waals surface area contributed by atoms with Crippen LogP contribution in [-0.4, -0.2) is 50.0 Å². The molecule has 2 aromatic rings. The van der Waals surface area contributed by atoms with E-state index in [1.165, 1.54) is 11.0 Å². The second kappa shape index (κ2) is 11.9. The molecule has 0 aliphatic heterocycles. The van der Waals surface area contributed by atoms with Crippen molar-refractivity contribution in [3.8, 4) is 0 Å². The van der Waals surface area contributed by atoms with Gasteiger partial charge in [0.05, 0.1) is 11.9 Å². The van der Waals surface area contributed by atoms with Crippen LogP contribution >= 0.6 is 0 Å². The maximum atomic E-state index is 14.5. The number of nitrogens with one attached hydrogen (secondary N) is 1. The summed E-state index contributed by atoms with van der Waals surface area (Å²) >= 11 is 0. The number of carbonyl (C=O) groups is 2. The van der Waals surface area contributed by atoms with Gasteiger partial charge in [0.1, 0.15) is 18.4 Å². The highest BCUT2D eigenvalue weighted by molar-refractivity contribution is 7.92. The molecule has 196 valence electrons. The third-order valence-corrected chi connectivity index (χ3v) is 8.02. The van der Waals surface area contributed by atoms with Crippen molar-refractivity contribution >= 4 is 27.5 Å². The molecule has 0 unspecified atom stereocenters. The second-order valence-electron chi connectivity index (χ2n) is 9.67. The molecule has 7 nitrogen and oxygen atoms in total. The standard InChI is InChI=1S/C27H36FN3O4S/c1-19-14-15-24(16-20(19)2)31(36(4,34)35)18-26(32)30(17-22-10-8-9-13-25(22)28)21(3)27(33)29-23-11-6-5-7-12-23/h8-10,13-16,21,23H,5-7,11-12,17-18H2,1-4H3,(H,29,33)/t21-/m1/s1. The van der Waals surface area contributed by atoms with Gasteiger partial charge in [0, 0.05) is 18.2 Å². The Morgan fingerprint density at radius 2 is 1.72 bits per heavy atom. The number of nitrogens with zero attached hydrogens (tertiary/aromatic N) is 2. The van der Waals surface area contributed by atoms with Crippen molar-refractivity contribution < 1.29 is 22.4 Å². The molecule has 0 heterocycles. The highest BCUT2D eigenvalue weighted by Crippen LogP contribution is 2.23. The van der Waals surface area contributed by atoms with Crippen molar-refractivity contribution in [2.75, 3.05) is 17.1 Å². The maximum absolute atomic E-state index is 14.5. The van der Waals surface area contributed by atoms with Gasteiger partial charge in [-0.15, -0.1) is 0 Å². The average molecular weight is 518 g/mol. The lowest BCUT2D eigenvalue weighted by Gasteiger charge is -2.33. The molecule has 0 aromatic heterocycles. The average Bonchev–Trinajstić information content (AvgIpc) is 2.83. The van der Waals surface area contributed by atoms with Gasteiger partial charge in [0.25, 0.3) is 0 Å². The molecule has 2 amide bonds. The van der Waals surface area contributed by atoms with Crippen molar-refractivity contribution in [2.45, 2.75) is 71.5 Å². The van der Waals surface area contributed by atoms with Gasteiger partial charge in [-0.25, -0.2) is 12.8 Å². The van der Waals surface area contributed by atoms with Crippen molar-refractivity contribution in [3.63, 3.8) is 0 Å². The molecule has 0 saturated heterocycles. The van der Waals surface area contributed by atoms with E-state index >= 15 is 0 Å². The first kappa shape index (κ1) is 27.6. The van der Waals surface area contributed by atoms with Crippen molar-refractivity contribution in [1.29, 1.82) is 0 Å². The first-order chi connectivity index (χ1) is 17.0. The van der Waals surface area contributed by atoms with Gasteiger partial charge in [-0.3, -0.25) is 13.9 Å². The van der Waals surface area contributed by atoms with E-state index in [-0.39, 0.29) is 24.1 Å². The molecular formula is C27H36FN3O4S. The summed E-state index contributed by atoms with van der Waals surface area (Å²) < 4.78 is 40.9. The molecule has 1 aliphatic rings. The summed E-state index contributed by atoms with van der Waals surface area (Å²) in [5, 5.41) is 3.02. The first-order valence-corrected chi connectivity index (χ1v) is 14.2. The van der Waals surface area contributed by atoms with Gasteiger partial charge in [-0.2, -0.15) is 0 Å². The van der Waals surface area contributed by atoms with Crippen LogP contribution in [0.4, 0.5) is 10.1 Å². The third kappa shape index (κ3) is 7.06. The summed E-state index contributed by atoms with van der Waals surface area (Å²) in [6.07, 6.45) is 6.02. The number of benzene rings is 2. The van der Waals surface area contributed by atoms with E-state index in [9.17, 15) is 22.4 Å². The molecule has 1 fully saturated rings. The van der Waals surface area contributed by atoms with E-state index in [1.807, 2.05) is 13.8 Å². The molecule has 0 bridgehead atoms. The lowest BCUT2D eigenvalue weighted by atomic mass is 9.95. The Morgan fingerprint density at radius 3 is 2.33 bits per heavy atom. The number of rotatable bonds is 9. The van der Waals surface area contributed by atoms with Crippen LogP contribution in [0.25, 0.3) is 0 Å². The molecular weight excluding hydrogens is 481 g/mol. The van der Waals surface area contributed by atoms with Gasteiger partial charge in [-0.05, 0) is 62.9 Å².